The summed E-state index contributed by atoms with van der Waals surface area (Å²) in [6.45, 7) is 3.44. The molecule has 32 heavy (non-hydrogen) atoms. The van der Waals surface area contributed by atoms with E-state index in [-0.39, 0.29) is 11.1 Å². The van der Waals surface area contributed by atoms with Crippen molar-refractivity contribution in [1.82, 2.24) is 14.8 Å². The molecule has 1 aliphatic carbocycles. The van der Waals surface area contributed by atoms with Gasteiger partial charge in [0.1, 0.15) is 11.5 Å². The first-order chi connectivity index (χ1) is 15.1. The van der Waals surface area contributed by atoms with E-state index in [1.54, 1.807) is 13.0 Å². The van der Waals surface area contributed by atoms with Crippen molar-refractivity contribution in [1.29, 1.82) is 0 Å². The Morgan fingerprint density at radius 1 is 1.16 bits per heavy atom. The van der Waals surface area contributed by atoms with E-state index in [9.17, 15) is 27.1 Å². The second kappa shape index (κ2) is 7.03. The maximum absolute atomic E-state index is 14.6. The Balaban J connectivity index is 1.64. The van der Waals surface area contributed by atoms with E-state index >= 15 is 0 Å². The minimum absolute atomic E-state index is 0.112. The average Bonchev–Trinajstić information content (AvgIpc) is 3.06. The van der Waals surface area contributed by atoms with Crippen molar-refractivity contribution in [2.24, 2.45) is 0 Å². The molecule has 6 nitrogen and oxygen atoms in total. The fourth-order valence-electron chi connectivity index (χ4n) is 4.54. The van der Waals surface area contributed by atoms with E-state index in [2.05, 4.69) is 15.0 Å². The van der Waals surface area contributed by atoms with Gasteiger partial charge in [0, 0.05) is 11.9 Å². The molecule has 1 saturated carbocycles. The molecule has 2 aromatic heterocycles. The maximum Gasteiger partial charge on any atom is 0.419 e. The third-order valence-electron chi connectivity index (χ3n) is 6.39. The molecule has 3 heterocycles. The summed E-state index contributed by atoms with van der Waals surface area (Å²) >= 11 is 0. The minimum Gasteiger partial charge on any atom is -0.503 e. The van der Waals surface area contributed by atoms with E-state index in [1.165, 1.54) is 6.20 Å². The number of anilines is 1. The molecule has 1 N–H and O–H groups in total. The molecule has 0 unspecified atom stereocenters. The standard InChI is InChI=1S/C21H19F5N4O2/c1-11-12-7-16(29-5-6-32-10-20(29)3-2-4-20)27-9-15(12)30(28-11)14-8-13(21(24,25)26)17(22)19(31)18(14)23/h7-9,31H,2-6,10H2,1H3. The van der Waals surface area contributed by atoms with Crippen LogP contribution in [-0.2, 0) is 10.9 Å². The second-order valence-corrected chi connectivity index (χ2v) is 8.26. The van der Waals surface area contributed by atoms with Gasteiger partial charge in [-0.3, -0.25) is 0 Å². The Morgan fingerprint density at radius 2 is 1.91 bits per heavy atom. The van der Waals surface area contributed by atoms with Crippen LogP contribution in [0.1, 0.15) is 30.5 Å². The van der Waals surface area contributed by atoms with E-state index in [0.717, 1.165) is 23.9 Å². The number of aryl methyl sites for hydroxylation is 1. The number of benzene rings is 1. The van der Waals surface area contributed by atoms with Crippen molar-refractivity contribution in [2.45, 2.75) is 37.9 Å². The molecule has 0 radical (unpaired) electrons. The summed E-state index contributed by atoms with van der Waals surface area (Å²) in [5.74, 6) is -4.63. The number of phenols is 1. The highest BCUT2D eigenvalue weighted by molar-refractivity contribution is 5.85. The van der Waals surface area contributed by atoms with Crippen LogP contribution in [0.3, 0.4) is 0 Å². The van der Waals surface area contributed by atoms with Crippen LogP contribution in [-0.4, -0.2) is 45.2 Å². The average molecular weight is 454 g/mol. The van der Waals surface area contributed by atoms with Gasteiger partial charge in [0.05, 0.1) is 41.7 Å². The van der Waals surface area contributed by atoms with E-state index in [4.69, 9.17) is 4.74 Å². The van der Waals surface area contributed by atoms with Crippen LogP contribution in [0.25, 0.3) is 16.6 Å². The fourth-order valence-corrected chi connectivity index (χ4v) is 4.54. The van der Waals surface area contributed by atoms with Gasteiger partial charge in [-0.1, -0.05) is 0 Å². The monoisotopic (exact) mass is 454 g/mol. The predicted octanol–water partition coefficient (Wildman–Crippen LogP) is 4.49. The molecule has 2 aliphatic rings. The number of halogens is 5. The first kappa shape index (κ1) is 20.9. The van der Waals surface area contributed by atoms with Crippen molar-refractivity contribution in [3.8, 4) is 11.4 Å². The Bertz CT molecular complexity index is 1220. The zero-order chi connectivity index (χ0) is 22.8. The molecule has 11 heteroatoms. The largest absolute Gasteiger partial charge is 0.503 e. The highest BCUT2D eigenvalue weighted by Gasteiger charge is 2.45. The number of morpholine rings is 1. The van der Waals surface area contributed by atoms with Gasteiger partial charge in [0.15, 0.2) is 17.4 Å². The van der Waals surface area contributed by atoms with Crippen molar-refractivity contribution >= 4 is 16.7 Å². The molecule has 2 fully saturated rings. The van der Waals surface area contributed by atoms with Gasteiger partial charge in [0.25, 0.3) is 0 Å². The first-order valence-electron chi connectivity index (χ1n) is 10.1. The first-order valence-corrected chi connectivity index (χ1v) is 10.1. The molecular weight excluding hydrogens is 435 g/mol. The summed E-state index contributed by atoms with van der Waals surface area (Å²) in [7, 11) is 0. The van der Waals surface area contributed by atoms with Crippen LogP contribution >= 0.6 is 0 Å². The fraction of sp³-hybridized carbons (Fsp3) is 0.429. The number of hydrogen-bond acceptors (Lipinski definition) is 5. The number of rotatable bonds is 2. The lowest BCUT2D eigenvalue weighted by Gasteiger charge is -2.53. The topological polar surface area (TPSA) is 63.4 Å². The molecule has 0 amide bonds. The van der Waals surface area contributed by atoms with Gasteiger partial charge in [0.2, 0.25) is 0 Å². The molecule has 1 aromatic carbocycles. The van der Waals surface area contributed by atoms with Crippen LogP contribution in [0, 0.1) is 18.6 Å². The number of alkyl halides is 3. The SMILES string of the molecule is Cc1nn(-c2cc(C(F)(F)F)c(F)c(O)c2F)c2cnc(N3CCOCC34CCC4)cc12. The van der Waals surface area contributed by atoms with Crippen molar-refractivity contribution in [3.63, 3.8) is 0 Å². The molecule has 0 atom stereocenters. The minimum atomic E-state index is -5.12. The molecule has 1 saturated heterocycles. The molecule has 5 rings (SSSR count). The van der Waals surface area contributed by atoms with Gasteiger partial charge >= 0.3 is 6.18 Å². The number of hydrogen-bond donors (Lipinski definition) is 1. The van der Waals surface area contributed by atoms with Gasteiger partial charge in [-0.05, 0) is 38.3 Å². The summed E-state index contributed by atoms with van der Waals surface area (Å²) in [5.41, 5.74) is -1.95. The summed E-state index contributed by atoms with van der Waals surface area (Å²) in [6, 6.07) is 2.07. The molecule has 1 spiro atoms. The maximum atomic E-state index is 14.6. The molecule has 0 bridgehead atoms. The number of nitrogens with zero attached hydrogens (tertiary/aromatic N) is 4. The summed E-state index contributed by atoms with van der Waals surface area (Å²) in [4.78, 5) is 6.66. The van der Waals surface area contributed by atoms with Crippen LogP contribution < -0.4 is 4.90 Å². The molecule has 1 aliphatic heterocycles. The Kier molecular flexibility index (Phi) is 4.59. The highest BCUT2D eigenvalue weighted by atomic mass is 19.4. The zero-order valence-corrected chi connectivity index (χ0v) is 17.0. The lowest BCUT2D eigenvalue weighted by Crippen LogP contribution is -2.61. The lowest BCUT2D eigenvalue weighted by atomic mass is 9.75. The van der Waals surface area contributed by atoms with Gasteiger partial charge in [-0.15, -0.1) is 0 Å². The number of ether oxygens (including phenoxy) is 1. The number of pyridine rings is 1. The smallest absolute Gasteiger partial charge is 0.419 e. The zero-order valence-electron chi connectivity index (χ0n) is 17.0. The number of fused-ring (bicyclic) bond motifs is 1. The second-order valence-electron chi connectivity index (χ2n) is 8.26. The molecule has 170 valence electrons. The Labute approximate surface area is 179 Å². The normalized spacial score (nSPS) is 18.4. The highest BCUT2D eigenvalue weighted by Crippen LogP contribution is 2.43. The van der Waals surface area contributed by atoms with Crippen LogP contribution in [0.2, 0.25) is 0 Å². The Morgan fingerprint density at radius 3 is 2.56 bits per heavy atom. The van der Waals surface area contributed by atoms with Crippen LogP contribution in [0.15, 0.2) is 18.3 Å². The van der Waals surface area contributed by atoms with E-state index in [0.29, 0.717) is 42.7 Å². The third kappa shape index (κ3) is 3.01. The van der Waals surface area contributed by atoms with Crippen molar-refractivity contribution in [3.05, 3.63) is 41.2 Å². The van der Waals surface area contributed by atoms with Crippen molar-refractivity contribution < 1.29 is 31.8 Å². The van der Waals surface area contributed by atoms with E-state index in [1.807, 2.05) is 0 Å². The number of aromatic nitrogens is 3. The van der Waals surface area contributed by atoms with E-state index < -0.39 is 34.8 Å². The number of phenolic OH excluding ortho intramolecular Hbond substituents is 1. The molecular formula is C21H19F5N4O2. The third-order valence-corrected chi connectivity index (χ3v) is 6.39. The Hall–Kier alpha value is -2.95. The van der Waals surface area contributed by atoms with Gasteiger partial charge in [-0.25, -0.2) is 18.4 Å². The summed E-state index contributed by atoms with van der Waals surface area (Å²) in [6.07, 6.45) is -0.676. The van der Waals surface area contributed by atoms with Crippen LogP contribution in [0.5, 0.6) is 5.75 Å². The van der Waals surface area contributed by atoms with Gasteiger partial charge < -0.3 is 14.7 Å². The number of aromatic hydroxyl groups is 1. The summed E-state index contributed by atoms with van der Waals surface area (Å²) in [5, 5.41) is 14.4. The van der Waals surface area contributed by atoms with Crippen LogP contribution in [0.4, 0.5) is 27.8 Å². The molecule has 3 aromatic rings. The van der Waals surface area contributed by atoms with Crippen molar-refractivity contribution in [2.75, 3.05) is 24.7 Å². The quantitative estimate of drug-likeness (QED) is 0.578. The van der Waals surface area contributed by atoms with Gasteiger partial charge in [-0.2, -0.15) is 18.3 Å². The predicted molar refractivity (Wildman–Crippen MR) is 105 cm³/mol. The lowest BCUT2D eigenvalue weighted by molar-refractivity contribution is -0.140. The summed E-state index contributed by atoms with van der Waals surface area (Å²) < 4.78 is 74.7.